The molecule has 0 radical (unpaired) electrons. The van der Waals surface area contributed by atoms with Crippen molar-refractivity contribution in [3.63, 3.8) is 0 Å². The quantitative estimate of drug-likeness (QED) is 0.234. The number of aliphatic hydroxyl groups excluding tert-OH is 2. The number of benzene rings is 1. The van der Waals surface area contributed by atoms with E-state index in [1.165, 1.54) is 12.4 Å². The summed E-state index contributed by atoms with van der Waals surface area (Å²) in [5.41, 5.74) is 0.288. The molecule has 1 aromatic carbocycles. The zero-order chi connectivity index (χ0) is 19.9. The Balaban J connectivity index is 1.66. The van der Waals surface area contributed by atoms with Crippen molar-refractivity contribution >= 4 is 51.2 Å². The first-order valence-corrected chi connectivity index (χ1v) is 9.96. The maximum Gasteiger partial charge on any atom is 0.226 e. The van der Waals surface area contributed by atoms with E-state index in [1.807, 2.05) is 18.2 Å². The first-order valence-electron chi connectivity index (χ1n) is 8.50. The van der Waals surface area contributed by atoms with E-state index < -0.39 is 24.4 Å². The predicted molar refractivity (Wildman–Crippen MR) is 113 cm³/mol. The van der Waals surface area contributed by atoms with Crippen LogP contribution in [-0.4, -0.2) is 53.2 Å². The molecule has 3 aromatic rings. The molecule has 8 nitrogen and oxygen atoms in total. The number of hydrogen-bond donors (Lipinski definition) is 4. The number of nitrogens with zero attached hydrogens (tertiary/aromatic N) is 4. The zero-order valence-corrected chi connectivity index (χ0v) is 17.4. The number of imidazole rings is 1. The van der Waals surface area contributed by atoms with E-state index in [2.05, 4.69) is 48.9 Å². The molecule has 1 aliphatic carbocycles. The van der Waals surface area contributed by atoms with Crippen LogP contribution in [0.25, 0.3) is 11.2 Å². The largest absolute Gasteiger partial charge is 0.393 e. The van der Waals surface area contributed by atoms with Gasteiger partial charge in [-0.05, 0) is 58.0 Å². The highest BCUT2D eigenvalue weighted by Gasteiger charge is 2.43. The summed E-state index contributed by atoms with van der Waals surface area (Å²) in [6, 6.07) is 7.41. The molecule has 2 heterocycles. The van der Waals surface area contributed by atoms with Crippen LogP contribution in [0, 0.1) is 3.57 Å². The molecule has 0 spiro atoms. The van der Waals surface area contributed by atoms with E-state index in [9.17, 15) is 15.3 Å². The summed E-state index contributed by atoms with van der Waals surface area (Å²) < 4.78 is 2.74. The van der Waals surface area contributed by atoms with Crippen LogP contribution < -0.4 is 5.32 Å². The third kappa shape index (κ3) is 3.48. The molecule has 2 aromatic heterocycles. The monoisotopic (exact) mass is 513 g/mol. The molecule has 1 aliphatic rings. The summed E-state index contributed by atoms with van der Waals surface area (Å²) >= 11 is 8.36. The van der Waals surface area contributed by atoms with E-state index in [4.69, 9.17) is 11.6 Å². The van der Waals surface area contributed by atoms with Crippen molar-refractivity contribution < 1.29 is 15.3 Å². The topological polar surface area (TPSA) is 116 Å². The number of nitrogens with one attached hydrogen (secondary N) is 1. The molecular formula is C18H17ClIN5O3. The normalized spacial score (nSPS) is 24.2. The highest BCUT2D eigenvalue weighted by Crippen LogP contribution is 2.34. The molecule has 28 heavy (non-hydrogen) atoms. The van der Waals surface area contributed by atoms with Crippen molar-refractivity contribution in [2.75, 3.05) is 11.9 Å². The van der Waals surface area contributed by atoms with Crippen LogP contribution in [0.2, 0.25) is 5.28 Å². The minimum atomic E-state index is -1.70. The van der Waals surface area contributed by atoms with Gasteiger partial charge in [0.15, 0.2) is 17.0 Å². The van der Waals surface area contributed by atoms with Gasteiger partial charge in [0.2, 0.25) is 5.28 Å². The summed E-state index contributed by atoms with van der Waals surface area (Å²) in [5.74, 6) is 0.474. The second-order valence-corrected chi connectivity index (χ2v) is 8.18. The van der Waals surface area contributed by atoms with Crippen LogP contribution in [0.5, 0.6) is 0 Å². The van der Waals surface area contributed by atoms with E-state index in [0.29, 0.717) is 23.5 Å². The Bertz CT molecular complexity index is 1060. The van der Waals surface area contributed by atoms with Crippen molar-refractivity contribution in [3.05, 3.63) is 57.2 Å². The Morgan fingerprint density at radius 1 is 1.32 bits per heavy atom. The van der Waals surface area contributed by atoms with Crippen molar-refractivity contribution in [1.82, 2.24) is 19.5 Å². The molecule has 146 valence electrons. The Kier molecular flexibility index (Phi) is 5.27. The molecule has 0 amide bonds. The molecule has 0 fully saturated rings. The summed E-state index contributed by atoms with van der Waals surface area (Å²) in [7, 11) is 0. The molecule has 0 unspecified atom stereocenters. The van der Waals surface area contributed by atoms with Crippen molar-refractivity contribution in [1.29, 1.82) is 0 Å². The van der Waals surface area contributed by atoms with E-state index in [-0.39, 0.29) is 5.28 Å². The van der Waals surface area contributed by atoms with Gasteiger partial charge >= 0.3 is 0 Å². The average molecular weight is 514 g/mol. The molecule has 4 rings (SSSR count). The van der Waals surface area contributed by atoms with Gasteiger partial charge in [0.05, 0.1) is 19.0 Å². The van der Waals surface area contributed by atoms with Gasteiger partial charge in [0, 0.05) is 10.1 Å². The van der Waals surface area contributed by atoms with Gasteiger partial charge < -0.3 is 25.2 Å². The molecular weight excluding hydrogens is 497 g/mol. The van der Waals surface area contributed by atoms with Crippen molar-refractivity contribution in [2.24, 2.45) is 0 Å². The lowest BCUT2D eigenvalue weighted by atomic mass is 10.00. The lowest BCUT2D eigenvalue weighted by Crippen LogP contribution is -2.44. The number of rotatable bonds is 5. The standard InChI is InChI=1S/C18H17ClIN5O3/c19-17-23-15(21-7-10-2-1-3-11(20)6-10)13-16(24-17)25(9-22-13)12-4-5-18(28,8-26)14(12)27/h1-6,9,12,14,26-28H,7-8H2,(H,21,23,24)/t12-,14+,18+/m1/s1. The van der Waals surface area contributed by atoms with E-state index in [1.54, 1.807) is 10.6 Å². The smallest absolute Gasteiger partial charge is 0.226 e. The minimum absolute atomic E-state index is 0.0354. The Morgan fingerprint density at radius 3 is 2.86 bits per heavy atom. The molecule has 3 atom stereocenters. The maximum atomic E-state index is 10.4. The number of halogens is 2. The number of aromatic nitrogens is 4. The number of fused-ring (bicyclic) bond motifs is 1. The molecule has 0 bridgehead atoms. The zero-order valence-electron chi connectivity index (χ0n) is 14.5. The molecule has 0 saturated carbocycles. The van der Waals surface area contributed by atoms with Crippen LogP contribution in [-0.2, 0) is 6.54 Å². The molecule has 4 N–H and O–H groups in total. The summed E-state index contributed by atoms with van der Waals surface area (Å²) in [6.07, 6.45) is 3.25. The first-order chi connectivity index (χ1) is 13.4. The second-order valence-electron chi connectivity index (χ2n) is 6.59. The minimum Gasteiger partial charge on any atom is -0.393 e. The SMILES string of the molecule is OC[C@@]1(O)C=C[C@@H](n2cnc3c(NCc4cccc(I)c4)nc(Cl)nc32)[C@@H]1O. The molecule has 0 saturated heterocycles. The van der Waals surface area contributed by atoms with Crippen molar-refractivity contribution in [3.8, 4) is 0 Å². The van der Waals surface area contributed by atoms with Gasteiger partial charge in [0.1, 0.15) is 11.7 Å². The Labute approximate surface area is 179 Å². The fraction of sp³-hybridized carbons (Fsp3) is 0.278. The first kappa shape index (κ1) is 19.5. The van der Waals surface area contributed by atoms with Crippen LogP contribution in [0.15, 0.2) is 42.7 Å². The maximum absolute atomic E-state index is 10.4. The third-order valence-electron chi connectivity index (χ3n) is 4.74. The van der Waals surface area contributed by atoms with Gasteiger partial charge in [-0.3, -0.25) is 0 Å². The van der Waals surface area contributed by atoms with Crippen LogP contribution in [0.3, 0.4) is 0 Å². The van der Waals surface area contributed by atoms with Gasteiger partial charge in [-0.15, -0.1) is 0 Å². The van der Waals surface area contributed by atoms with E-state index >= 15 is 0 Å². The van der Waals surface area contributed by atoms with Crippen LogP contribution >= 0.6 is 34.2 Å². The van der Waals surface area contributed by atoms with E-state index in [0.717, 1.165) is 9.13 Å². The van der Waals surface area contributed by atoms with Crippen LogP contribution in [0.4, 0.5) is 5.82 Å². The Hall–Kier alpha value is -1.79. The Morgan fingerprint density at radius 2 is 2.14 bits per heavy atom. The van der Waals surface area contributed by atoms with Gasteiger partial charge in [-0.1, -0.05) is 18.2 Å². The fourth-order valence-corrected chi connectivity index (χ4v) is 3.99. The van der Waals surface area contributed by atoms with Crippen molar-refractivity contribution in [2.45, 2.75) is 24.3 Å². The number of anilines is 1. The second kappa shape index (κ2) is 7.56. The lowest BCUT2D eigenvalue weighted by molar-refractivity contribution is -0.0737. The highest BCUT2D eigenvalue weighted by molar-refractivity contribution is 14.1. The van der Waals surface area contributed by atoms with Gasteiger partial charge in [-0.2, -0.15) is 9.97 Å². The van der Waals surface area contributed by atoms with Gasteiger partial charge in [0.25, 0.3) is 0 Å². The van der Waals surface area contributed by atoms with Gasteiger partial charge in [-0.25, -0.2) is 4.98 Å². The average Bonchev–Trinajstić information content (AvgIpc) is 3.21. The lowest BCUT2D eigenvalue weighted by Gasteiger charge is -2.27. The predicted octanol–water partition coefficient (Wildman–Crippen LogP) is 1.89. The summed E-state index contributed by atoms with van der Waals surface area (Å²) in [4.78, 5) is 12.8. The third-order valence-corrected chi connectivity index (χ3v) is 5.58. The highest BCUT2D eigenvalue weighted by atomic mass is 127. The fourth-order valence-electron chi connectivity index (χ4n) is 3.22. The number of hydrogen-bond acceptors (Lipinski definition) is 7. The molecule has 10 heteroatoms. The molecule has 0 aliphatic heterocycles. The summed E-state index contributed by atoms with van der Waals surface area (Å²) in [6.45, 7) is -0.0609. The number of aliphatic hydroxyl groups is 3. The summed E-state index contributed by atoms with van der Waals surface area (Å²) in [5, 5.41) is 33.3. The van der Waals surface area contributed by atoms with Crippen LogP contribution in [0.1, 0.15) is 11.6 Å².